The second-order valence-corrected chi connectivity index (χ2v) is 8.77. The molecule has 4 heterocycles. The largest absolute Gasteiger partial charge is 0.368 e. The molecule has 10 heteroatoms. The summed E-state index contributed by atoms with van der Waals surface area (Å²) in [5, 5.41) is 7.48. The molecule has 0 bridgehead atoms. The molecular weight excluding hydrogens is 440 g/mol. The number of rotatable bonds is 5. The Hall–Kier alpha value is -2.91. The molecule has 2 N–H and O–H groups in total. The lowest BCUT2D eigenvalue weighted by molar-refractivity contribution is 0.0815. The van der Waals surface area contributed by atoms with Gasteiger partial charge in [-0.3, -0.25) is 4.79 Å². The third-order valence-electron chi connectivity index (χ3n) is 6.36. The van der Waals surface area contributed by atoms with E-state index in [1.807, 2.05) is 18.3 Å². The van der Waals surface area contributed by atoms with Crippen LogP contribution >= 0.6 is 12.4 Å². The lowest BCUT2D eigenvalue weighted by Gasteiger charge is -2.29. The van der Waals surface area contributed by atoms with Crippen LogP contribution in [0.1, 0.15) is 42.2 Å². The standard InChI is InChI=1S/C23H30N8O.ClH/c1-29(2)22(32)19-13-16-14-26-23(28-21(16)31(19)17-5-3-4-6-17)27-20-8-7-18(15-25-20)30-11-9-24-10-12-30;/h7-8,13-15,17,24H,3-6,9-12H2,1-2H3,(H,25,26,27,28);1H. The first-order valence-corrected chi connectivity index (χ1v) is 11.4. The van der Waals surface area contributed by atoms with E-state index in [0.717, 1.165) is 55.7 Å². The van der Waals surface area contributed by atoms with Crippen LogP contribution in [0.4, 0.5) is 17.5 Å². The maximum Gasteiger partial charge on any atom is 0.270 e. The third-order valence-corrected chi connectivity index (χ3v) is 6.36. The predicted molar refractivity (Wildman–Crippen MR) is 133 cm³/mol. The van der Waals surface area contributed by atoms with E-state index < -0.39 is 0 Å². The predicted octanol–water partition coefficient (Wildman–Crippen LogP) is 3.22. The zero-order valence-corrected chi connectivity index (χ0v) is 19.9. The van der Waals surface area contributed by atoms with Crippen LogP contribution in [0.5, 0.6) is 0 Å². The van der Waals surface area contributed by atoms with Crippen molar-refractivity contribution in [1.82, 2.24) is 29.7 Å². The summed E-state index contributed by atoms with van der Waals surface area (Å²) in [6.45, 7) is 3.96. The number of carbonyl (C=O) groups is 1. The van der Waals surface area contributed by atoms with Crippen molar-refractivity contribution in [2.75, 3.05) is 50.5 Å². The fourth-order valence-electron chi connectivity index (χ4n) is 4.68. The number of amides is 1. The SMILES string of the molecule is CN(C)C(=O)c1cc2cnc(Nc3ccc(N4CCNCC4)cn3)nc2n1C1CCCC1.Cl. The molecule has 1 aliphatic heterocycles. The van der Waals surface area contributed by atoms with Gasteiger partial charge in [0.1, 0.15) is 17.2 Å². The van der Waals surface area contributed by atoms with E-state index in [2.05, 4.69) is 36.1 Å². The van der Waals surface area contributed by atoms with Gasteiger partial charge in [0.15, 0.2) is 0 Å². The van der Waals surface area contributed by atoms with Crippen molar-refractivity contribution < 1.29 is 4.79 Å². The van der Waals surface area contributed by atoms with E-state index in [0.29, 0.717) is 23.5 Å². The molecule has 9 nitrogen and oxygen atoms in total. The number of halogens is 1. The average Bonchev–Trinajstić information content (AvgIpc) is 3.47. The summed E-state index contributed by atoms with van der Waals surface area (Å²) in [6, 6.07) is 6.25. The van der Waals surface area contributed by atoms with Crippen LogP contribution < -0.4 is 15.5 Å². The van der Waals surface area contributed by atoms with Gasteiger partial charge in [-0.2, -0.15) is 4.98 Å². The Balaban J connectivity index is 0.00000259. The van der Waals surface area contributed by atoms with Crippen LogP contribution in [0, 0.1) is 0 Å². The van der Waals surface area contributed by atoms with Crippen molar-refractivity contribution in [1.29, 1.82) is 0 Å². The lowest BCUT2D eigenvalue weighted by atomic mass is 10.2. The number of hydrogen-bond acceptors (Lipinski definition) is 7. The summed E-state index contributed by atoms with van der Waals surface area (Å²) < 4.78 is 2.12. The average molecular weight is 471 g/mol. The molecule has 176 valence electrons. The minimum absolute atomic E-state index is 0. The maximum absolute atomic E-state index is 12.9. The molecule has 0 spiro atoms. The van der Waals surface area contributed by atoms with Crippen LogP contribution in [0.3, 0.4) is 0 Å². The normalized spacial score (nSPS) is 16.6. The van der Waals surface area contributed by atoms with E-state index in [4.69, 9.17) is 4.98 Å². The van der Waals surface area contributed by atoms with Gasteiger partial charge in [-0.05, 0) is 31.0 Å². The third kappa shape index (κ3) is 4.74. The summed E-state index contributed by atoms with van der Waals surface area (Å²) in [4.78, 5) is 30.6. The molecule has 1 amide bonds. The van der Waals surface area contributed by atoms with Gasteiger partial charge < -0.3 is 25.0 Å². The molecular formula is C23H31ClN8O. The molecule has 1 saturated heterocycles. The summed E-state index contributed by atoms with van der Waals surface area (Å²) in [7, 11) is 3.57. The summed E-state index contributed by atoms with van der Waals surface area (Å²) in [6.07, 6.45) is 8.18. The van der Waals surface area contributed by atoms with Crippen molar-refractivity contribution in [3.05, 3.63) is 36.3 Å². The first kappa shape index (κ1) is 23.3. The monoisotopic (exact) mass is 470 g/mol. The van der Waals surface area contributed by atoms with Gasteiger partial charge in [0, 0.05) is 57.9 Å². The van der Waals surface area contributed by atoms with Crippen LogP contribution in [0.25, 0.3) is 11.0 Å². The Bertz CT molecular complexity index is 1100. The molecule has 2 fully saturated rings. The van der Waals surface area contributed by atoms with E-state index in [9.17, 15) is 4.79 Å². The van der Waals surface area contributed by atoms with Crippen molar-refractivity contribution in [2.45, 2.75) is 31.7 Å². The molecule has 0 unspecified atom stereocenters. The number of aromatic nitrogens is 4. The van der Waals surface area contributed by atoms with Gasteiger partial charge in [0.25, 0.3) is 5.91 Å². The van der Waals surface area contributed by atoms with Crippen molar-refractivity contribution >= 4 is 46.8 Å². The topological polar surface area (TPSA) is 91.2 Å². The number of carbonyl (C=O) groups excluding carboxylic acids is 1. The van der Waals surface area contributed by atoms with Crippen molar-refractivity contribution in [3.63, 3.8) is 0 Å². The van der Waals surface area contributed by atoms with Gasteiger partial charge in [-0.25, -0.2) is 9.97 Å². The first-order valence-electron chi connectivity index (χ1n) is 11.4. The van der Waals surface area contributed by atoms with E-state index in [1.165, 1.54) is 12.8 Å². The van der Waals surface area contributed by atoms with Crippen LogP contribution in [-0.4, -0.2) is 70.6 Å². The highest BCUT2D eigenvalue weighted by molar-refractivity contribution is 5.97. The van der Waals surface area contributed by atoms with Gasteiger partial charge in [-0.15, -0.1) is 12.4 Å². The molecule has 0 radical (unpaired) electrons. The van der Waals surface area contributed by atoms with E-state index in [-0.39, 0.29) is 18.3 Å². The molecule has 5 rings (SSSR count). The highest BCUT2D eigenvalue weighted by Crippen LogP contribution is 2.35. The van der Waals surface area contributed by atoms with Gasteiger partial charge >= 0.3 is 0 Å². The van der Waals surface area contributed by atoms with Gasteiger partial charge in [0.2, 0.25) is 5.95 Å². The highest BCUT2D eigenvalue weighted by atomic mass is 35.5. The summed E-state index contributed by atoms with van der Waals surface area (Å²) in [5.74, 6) is 1.18. The quantitative estimate of drug-likeness (QED) is 0.591. The van der Waals surface area contributed by atoms with Gasteiger partial charge in [-0.1, -0.05) is 12.8 Å². The van der Waals surface area contributed by atoms with Crippen LogP contribution in [0.2, 0.25) is 0 Å². The van der Waals surface area contributed by atoms with Crippen molar-refractivity contribution in [3.8, 4) is 0 Å². The first-order chi connectivity index (χ1) is 15.6. The molecule has 0 aromatic carbocycles. The summed E-state index contributed by atoms with van der Waals surface area (Å²) in [5.41, 5.74) is 2.61. The number of hydrogen-bond donors (Lipinski definition) is 2. The highest BCUT2D eigenvalue weighted by Gasteiger charge is 2.26. The molecule has 3 aromatic rings. The summed E-state index contributed by atoms with van der Waals surface area (Å²) >= 11 is 0. The Morgan fingerprint density at radius 3 is 2.55 bits per heavy atom. The molecule has 3 aromatic heterocycles. The maximum atomic E-state index is 12.9. The van der Waals surface area contributed by atoms with E-state index in [1.54, 1.807) is 25.2 Å². The molecule has 0 atom stereocenters. The van der Waals surface area contributed by atoms with Crippen LogP contribution in [-0.2, 0) is 0 Å². The zero-order valence-electron chi connectivity index (χ0n) is 19.1. The Morgan fingerprint density at radius 1 is 1.12 bits per heavy atom. The number of nitrogens with one attached hydrogen (secondary N) is 2. The van der Waals surface area contributed by atoms with E-state index >= 15 is 0 Å². The second-order valence-electron chi connectivity index (χ2n) is 8.77. The Kier molecular flexibility index (Phi) is 6.99. The Labute approximate surface area is 200 Å². The number of piperazine rings is 1. The number of fused-ring (bicyclic) bond motifs is 1. The van der Waals surface area contributed by atoms with Gasteiger partial charge in [0.05, 0.1) is 11.9 Å². The fraction of sp³-hybridized carbons (Fsp3) is 0.478. The lowest BCUT2D eigenvalue weighted by Crippen LogP contribution is -2.43. The zero-order chi connectivity index (χ0) is 22.1. The smallest absolute Gasteiger partial charge is 0.270 e. The number of pyridine rings is 1. The molecule has 1 aliphatic carbocycles. The Morgan fingerprint density at radius 2 is 1.88 bits per heavy atom. The molecule has 33 heavy (non-hydrogen) atoms. The minimum Gasteiger partial charge on any atom is -0.368 e. The fourth-order valence-corrected chi connectivity index (χ4v) is 4.68. The number of nitrogens with zero attached hydrogens (tertiary/aromatic N) is 6. The number of anilines is 3. The van der Waals surface area contributed by atoms with Crippen molar-refractivity contribution in [2.24, 2.45) is 0 Å². The molecule has 1 saturated carbocycles. The molecule has 2 aliphatic rings. The van der Waals surface area contributed by atoms with Crippen LogP contribution in [0.15, 0.2) is 30.6 Å². The minimum atomic E-state index is -0.00502. The second kappa shape index (κ2) is 9.93.